The summed E-state index contributed by atoms with van der Waals surface area (Å²) in [5, 5.41) is 9.77. The molecule has 3 aromatic rings. The molecule has 1 aliphatic heterocycles. The highest BCUT2D eigenvalue weighted by atomic mass is 16.6. The van der Waals surface area contributed by atoms with Crippen molar-refractivity contribution in [1.29, 1.82) is 5.26 Å². The van der Waals surface area contributed by atoms with Crippen molar-refractivity contribution in [2.75, 3.05) is 25.4 Å². The fourth-order valence-corrected chi connectivity index (χ4v) is 3.99. The average molecular weight is 419 g/mol. The predicted octanol–water partition coefficient (Wildman–Crippen LogP) is 2.88. The smallest absolute Gasteiger partial charge is 0.409 e. The lowest BCUT2D eigenvalue weighted by molar-refractivity contribution is 0.0865. The van der Waals surface area contributed by atoms with Crippen molar-refractivity contribution >= 4 is 23.1 Å². The van der Waals surface area contributed by atoms with Crippen LogP contribution in [0.3, 0.4) is 0 Å². The Kier molecular flexibility index (Phi) is 5.98. The number of carbonyl (C=O) groups excluding carboxylic acids is 1. The number of nitriles is 1. The number of nitrogens with zero attached hydrogens (tertiary/aromatic N) is 6. The van der Waals surface area contributed by atoms with E-state index in [2.05, 4.69) is 21.0 Å². The van der Waals surface area contributed by atoms with Gasteiger partial charge >= 0.3 is 6.09 Å². The topological polar surface area (TPSA) is 123 Å². The third kappa shape index (κ3) is 4.28. The van der Waals surface area contributed by atoms with E-state index < -0.39 is 5.41 Å². The Morgan fingerprint density at radius 3 is 2.68 bits per heavy atom. The quantitative estimate of drug-likeness (QED) is 0.609. The summed E-state index contributed by atoms with van der Waals surface area (Å²) in [5.74, 6) is 0.367. The number of benzene rings is 1. The highest BCUT2D eigenvalue weighted by Gasteiger charge is 2.38. The van der Waals surface area contributed by atoms with Gasteiger partial charge in [-0.3, -0.25) is 0 Å². The number of anilines is 1. The first-order valence-corrected chi connectivity index (χ1v) is 10.4. The molecule has 9 heteroatoms. The number of amides is 1. The number of rotatable bonds is 6. The summed E-state index contributed by atoms with van der Waals surface area (Å²) in [7, 11) is 0. The van der Waals surface area contributed by atoms with Crippen LogP contribution in [0.5, 0.6) is 0 Å². The van der Waals surface area contributed by atoms with Gasteiger partial charge in [-0.25, -0.2) is 19.7 Å². The van der Waals surface area contributed by atoms with Crippen LogP contribution in [-0.2, 0) is 16.7 Å². The lowest BCUT2D eigenvalue weighted by Gasteiger charge is -2.37. The molecule has 0 unspecified atom stereocenters. The van der Waals surface area contributed by atoms with Crippen molar-refractivity contribution in [2.45, 2.75) is 37.6 Å². The molecule has 1 saturated heterocycles. The van der Waals surface area contributed by atoms with Crippen molar-refractivity contribution in [3.8, 4) is 6.07 Å². The van der Waals surface area contributed by atoms with Crippen molar-refractivity contribution in [2.24, 2.45) is 0 Å². The molecular weight excluding hydrogens is 394 g/mol. The Hall–Kier alpha value is -3.67. The molecule has 0 atom stereocenters. The van der Waals surface area contributed by atoms with E-state index in [0.717, 1.165) is 18.4 Å². The number of imidazole rings is 1. The first kappa shape index (κ1) is 20.6. The average Bonchev–Trinajstić information content (AvgIpc) is 3.24. The maximum atomic E-state index is 12.4. The van der Waals surface area contributed by atoms with Crippen LogP contribution in [-0.4, -0.2) is 50.2 Å². The van der Waals surface area contributed by atoms with Gasteiger partial charge in [0.15, 0.2) is 11.5 Å². The van der Waals surface area contributed by atoms with Gasteiger partial charge < -0.3 is 19.9 Å². The molecule has 0 bridgehead atoms. The van der Waals surface area contributed by atoms with E-state index in [0.29, 0.717) is 56.1 Å². The van der Waals surface area contributed by atoms with Crippen LogP contribution in [0.25, 0.3) is 11.2 Å². The van der Waals surface area contributed by atoms with E-state index in [1.807, 2.05) is 34.9 Å². The number of piperidine rings is 1. The van der Waals surface area contributed by atoms with Crippen molar-refractivity contribution < 1.29 is 9.53 Å². The summed E-state index contributed by atoms with van der Waals surface area (Å²) >= 11 is 0. The molecule has 1 amide bonds. The summed E-state index contributed by atoms with van der Waals surface area (Å²) in [6, 6.07) is 12.3. The normalized spacial score (nSPS) is 15.5. The third-order valence-corrected chi connectivity index (χ3v) is 5.86. The Balaban J connectivity index is 1.21. The van der Waals surface area contributed by atoms with Crippen molar-refractivity contribution in [1.82, 2.24) is 24.4 Å². The van der Waals surface area contributed by atoms with Crippen LogP contribution in [0, 0.1) is 11.3 Å². The summed E-state index contributed by atoms with van der Waals surface area (Å²) < 4.78 is 7.37. The van der Waals surface area contributed by atoms with Crippen LogP contribution in [0.2, 0.25) is 0 Å². The van der Waals surface area contributed by atoms with E-state index in [9.17, 15) is 10.1 Å². The Morgan fingerprint density at radius 1 is 1.16 bits per heavy atom. The van der Waals surface area contributed by atoms with Gasteiger partial charge in [0.2, 0.25) is 0 Å². The van der Waals surface area contributed by atoms with E-state index >= 15 is 0 Å². The minimum Gasteiger partial charge on any atom is -0.449 e. The Morgan fingerprint density at radius 2 is 1.94 bits per heavy atom. The molecule has 160 valence electrons. The summed E-state index contributed by atoms with van der Waals surface area (Å²) in [6.07, 6.45) is 5.58. The number of unbranched alkanes of at least 4 members (excludes halogenated alkanes) is 1. The second-order valence-corrected chi connectivity index (χ2v) is 7.74. The van der Waals surface area contributed by atoms with Gasteiger partial charge in [-0.2, -0.15) is 5.26 Å². The number of hydrogen-bond acceptors (Lipinski definition) is 7. The summed E-state index contributed by atoms with van der Waals surface area (Å²) in [6.45, 7) is 2.09. The number of fused-ring (bicyclic) bond motifs is 1. The first-order valence-electron chi connectivity index (χ1n) is 10.4. The third-order valence-electron chi connectivity index (χ3n) is 5.86. The molecule has 0 saturated carbocycles. The monoisotopic (exact) mass is 419 g/mol. The predicted molar refractivity (Wildman–Crippen MR) is 115 cm³/mol. The van der Waals surface area contributed by atoms with Crippen LogP contribution < -0.4 is 5.73 Å². The maximum Gasteiger partial charge on any atom is 0.409 e. The highest BCUT2D eigenvalue weighted by molar-refractivity contribution is 5.81. The molecule has 2 aromatic heterocycles. The molecule has 31 heavy (non-hydrogen) atoms. The van der Waals surface area contributed by atoms with E-state index in [4.69, 9.17) is 10.5 Å². The van der Waals surface area contributed by atoms with Gasteiger partial charge in [-0.05, 0) is 31.2 Å². The molecule has 0 spiro atoms. The molecular formula is C22H25N7O2. The molecule has 1 aromatic carbocycles. The lowest BCUT2D eigenvalue weighted by atomic mass is 9.74. The molecule has 0 aliphatic carbocycles. The zero-order valence-electron chi connectivity index (χ0n) is 17.3. The van der Waals surface area contributed by atoms with Gasteiger partial charge in [-0.15, -0.1) is 0 Å². The van der Waals surface area contributed by atoms with Crippen LogP contribution in [0.15, 0.2) is 43.0 Å². The fourth-order valence-electron chi connectivity index (χ4n) is 3.99. The van der Waals surface area contributed by atoms with Crippen molar-refractivity contribution in [3.05, 3.63) is 48.5 Å². The first-order chi connectivity index (χ1) is 15.1. The minimum absolute atomic E-state index is 0.312. The number of aromatic nitrogens is 4. The largest absolute Gasteiger partial charge is 0.449 e. The lowest BCUT2D eigenvalue weighted by Crippen LogP contribution is -2.44. The second kappa shape index (κ2) is 9.00. The maximum absolute atomic E-state index is 12.4. The number of likely N-dealkylation sites (tertiary alicyclic amines) is 1. The number of ether oxygens (including phenoxy) is 1. The van der Waals surface area contributed by atoms with Gasteiger partial charge in [-0.1, -0.05) is 30.3 Å². The van der Waals surface area contributed by atoms with Gasteiger partial charge in [0.1, 0.15) is 11.8 Å². The molecule has 2 N–H and O–H groups in total. The molecule has 9 nitrogen and oxygen atoms in total. The standard InChI is InChI=1S/C22H25N7O2/c23-14-22(17-6-2-1-3-7-17)8-11-28(12-9-22)21(30)31-13-5-4-10-29-16-27-18-19(24)25-15-26-20(18)29/h1-3,6-7,15-16H,4-5,8-13H2,(H2,24,25,26). The zero-order chi connectivity index (χ0) is 21.7. The number of nitrogens with two attached hydrogens (primary N) is 1. The van der Waals surface area contributed by atoms with E-state index in [-0.39, 0.29) is 6.09 Å². The van der Waals surface area contributed by atoms with Crippen LogP contribution >= 0.6 is 0 Å². The number of carbonyl (C=O) groups is 1. The zero-order valence-corrected chi connectivity index (χ0v) is 17.3. The molecule has 4 rings (SSSR count). The SMILES string of the molecule is N#CC1(c2ccccc2)CCN(C(=O)OCCCCn2cnc3c(N)ncnc32)CC1. The van der Waals surface area contributed by atoms with Crippen LogP contribution in [0.4, 0.5) is 10.6 Å². The Bertz CT molecular complexity index is 1080. The molecule has 3 heterocycles. The van der Waals surface area contributed by atoms with Gasteiger partial charge in [0, 0.05) is 19.6 Å². The van der Waals surface area contributed by atoms with Gasteiger partial charge in [0.05, 0.1) is 24.4 Å². The highest BCUT2D eigenvalue weighted by Crippen LogP contribution is 2.35. The number of nitrogen functional groups attached to an aromatic ring is 1. The number of hydrogen-bond donors (Lipinski definition) is 1. The van der Waals surface area contributed by atoms with Gasteiger partial charge in [0.25, 0.3) is 0 Å². The minimum atomic E-state index is -0.529. The summed E-state index contributed by atoms with van der Waals surface area (Å²) in [5.41, 5.74) is 7.60. The van der Waals surface area contributed by atoms with Crippen molar-refractivity contribution in [3.63, 3.8) is 0 Å². The second-order valence-electron chi connectivity index (χ2n) is 7.74. The van der Waals surface area contributed by atoms with E-state index in [1.165, 1.54) is 6.33 Å². The molecule has 1 fully saturated rings. The fraction of sp³-hybridized carbons (Fsp3) is 0.409. The number of aryl methyl sites for hydroxylation is 1. The molecule has 0 radical (unpaired) electrons. The molecule has 1 aliphatic rings. The summed E-state index contributed by atoms with van der Waals surface area (Å²) in [4.78, 5) is 26.5. The Labute approximate surface area is 180 Å². The van der Waals surface area contributed by atoms with Crippen LogP contribution in [0.1, 0.15) is 31.2 Å². The van der Waals surface area contributed by atoms with E-state index in [1.54, 1.807) is 11.2 Å².